The zero-order valence-corrected chi connectivity index (χ0v) is 8.68. The highest BCUT2D eigenvalue weighted by Gasteiger charge is 2.18. The molecule has 1 heterocycles. The van der Waals surface area contributed by atoms with Crippen molar-refractivity contribution in [1.29, 1.82) is 0 Å². The molecule has 1 fully saturated rings. The van der Waals surface area contributed by atoms with E-state index in [9.17, 15) is 4.79 Å². The van der Waals surface area contributed by atoms with Gasteiger partial charge in [0, 0.05) is 18.2 Å². The van der Waals surface area contributed by atoms with Crippen molar-refractivity contribution in [2.45, 2.75) is 12.5 Å². The largest absolute Gasteiger partial charge is 0.488 e. The molecule has 1 aromatic rings. The minimum Gasteiger partial charge on any atom is -0.488 e. The minimum atomic E-state index is -1.01. The van der Waals surface area contributed by atoms with Crippen LogP contribution in [-0.4, -0.2) is 30.4 Å². The summed E-state index contributed by atoms with van der Waals surface area (Å²) >= 11 is 0. The van der Waals surface area contributed by atoms with Gasteiger partial charge in [0.25, 0.3) is 0 Å². The van der Waals surface area contributed by atoms with Crippen LogP contribution in [0.1, 0.15) is 16.8 Å². The van der Waals surface area contributed by atoms with E-state index in [-0.39, 0.29) is 11.7 Å². The van der Waals surface area contributed by atoms with Crippen molar-refractivity contribution in [3.8, 4) is 5.75 Å². The lowest BCUT2D eigenvalue weighted by molar-refractivity contribution is 0.0696. The maximum Gasteiger partial charge on any atom is 0.335 e. The highest BCUT2D eigenvalue weighted by atomic mass is 16.5. The number of carboxylic acid groups (broad SMARTS) is 1. The predicted octanol–water partition coefficient (Wildman–Crippen LogP) is 1.13. The molecule has 1 aliphatic rings. The van der Waals surface area contributed by atoms with Gasteiger partial charge in [-0.1, -0.05) is 0 Å². The SMILES string of the molecule is Nc1cc(OC2CCOC2)cc(C(=O)O)c1. The molecular formula is C11H13NO4. The van der Waals surface area contributed by atoms with Crippen LogP contribution in [0.2, 0.25) is 0 Å². The summed E-state index contributed by atoms with van der Waals surface area (Å²) in [5.41, 5.74) is 6.11. The van der Waals surface area contributed by atoms with Crippen LogP contribution in [0.3, 0.4) is 0 Å². The molecule has 0 radical (unpaired) electrons. The van der Waals surface area contributed by atoms with E-state index in [1.807, 2.05) is 0 Å². The standard InChI is InChI=1S/C11H13NO4/c12-8-3-7(11(13)14)4-10(5-8)16-9-1-2-15-6-9/h3-5,9H,1-2,6,12H2,(H,13,14). The second-order valence-electron chi connectivity index (χ2n) is 3.70. The molecule has 1 aromatic carbocycles. The number of rotatable bonds is 3. The Morgan fingerprint density at radius 2 is 2.31 bits per heavy atom. The molecule has 16 heavy (non-hydrogen) atoms. The Balaban J connectivity index is 2.16. The van der Waals surface area contributed by atoms with E-state index in [0.29, 0.717) is 24.7 Å². The van der Waals surface area contributed by atoms with Crippen molar-refractivity contribution in [2.75, 3.05) is 18.9 Å². The first-order valence-corrected chi connectivity index (χ1v) is 5.03. The third-order valence-electron chi connectivity index (χ3n) is 2.37. The van der Waals surface area contributed by atoms with Crippen LogP contribution in [0.25, 0.3) is 0 Å². The topological polar surface area (TPSA) is 81.8 Å². The van der Waals surface area contributed by atoms with Gasteiger partial charge in [0.2, 0.25) is 0 Å². The van der Waals surface area contributed by atoms with Gasteiger partial charge in [0.05, 0.1) is 18.8 Å². The molecule has 0 aromatic heterocycles. The van der Waals surface area contributed by atoms with Gasteiger partial charge in [-0.05, 0) is 12.1 Å². The van der Waals surface area contributed by atoms with Gasteiger partial charge in [-0.15, -0.1) is 0 Å². The molecule has 1 saturated heterocycles. The summed E-state index contributed by atoms with van der Waals surface area (Å²) in [6, 6.07) is 4.49. The van der Waals surface area contributed by atoms with Crippen LogP contribution >= 0.6 is 0 Å². The second kappa shape index (κ2) is 4.40. The molecular weight excluding hydrogens is 210 g/mol. The maximum absolute atomic E-state index is 10.8. The van der Waals surface area contributed by atoms with Crippen LogP contribution in [0.5, 0.6) is 5.75 Å². The fourth-order valence-electron chi connectivity index (χ4n) is 1.61. The molecule has 1 unspecified atom stereocenters. The van der Waals surface area contributed by atoms with Gasteiger partial charge in [-0.2, -0.15) is 0 Å². The van der Waals surface area contributed by atoms with E-state index in [1.165, 1.54) is 12.1 Å². The Kier molecular flexibility index (Phi) is 2.96. The van der Waals surface area contributed by atoms with Crippen molar-refractivity contribution in [1.82, 2.24) is 0 Å². The lowest BCUT2D eigenvalue weighted by Crippen LogP contribution is -2.16. The normalized spacial score (nSPS) is 19.6. The average Bonchev–Trinajstić information content (AvgIpc) is 2.69. The Morgan fingerprint density at radius 1 is 1.50 bits per heavy atom. The summed E-state index contributed by atoms with van der Waals surface area (Å²) < 4.78 is 10.7. The predicted molar refractivity (Wildman–Crippen MR) is 57.7 cm³/mol. The summed E-state index contributed by atoms with van der Waals surface area (Å²) in [7, 11) is 0. The Labute approximate surface area is 92.8 Å². The van der Waals surface area contributed by atoms with E-state index >= 15 is 0 Å². The molecule has 0 amide bonds. The number of nitrogens with two attached hydrogens (primary N) is 1. The summed E-state index contributed by atoms with van der Waals surface area (Å²) in [4.78, 5) is 10.8. The highest BCUT2D eigenvalue weighted by Crippen LogP contribution is 2.22. The first kappa shape index (κ1) is 10.8. The number of aromatic carboxylic acids is 1. The number of ether oxygens (including phenoxy) is 2. The molecule has 3 N–H and O–H groups in total. The summed E-state index contributed by atoms with van der Waals surface area (Å²) in [5.74, 6) is -0.535. The summed E-state index contributed by atoms with van der Waals surface area (Å²) in [5, 5.41) is 8.86. The fraction of sp³-hybridized carbons (Fsp3) is 0.364. The molecule has 5 nitrogen and oxygen atoms in total. The molecule has 1 atom stereocenters. The lowest BCUT2D eigenvalue weighted by atomic mass is 10.2. The van der Waals surface area contributed by atoms with Crippen LogP contribution in [0, 0.1) is 0 Å². The van der Waals surface area contributed by atoms with Gasteiger partial charge in [-0.3, -0.25) is 0 Å². The van der Waals surface area contributed by atoms with Crippen molar-refractivity contribution in [2.24, 2.45) is 0 Å². The molecule has 1 aliphatic heterocycles. The molecule has 0 bridgehead atoms. The number of hydrogen-bond acceptors (Lipinski definition) is 4. The van der Waals surface area contributed by atoms with Crippen LogP contribution < -0.4 is 10.5 Å². The molecule has 0 aliphatic carbocycles. The van der Waals surface area contributed by atoms with Gasteiger partial charge in [0.15, 0.2) is 0 Å². The van der Waals surface area contributed by atoms with E-state index in [0.717, 1.165) is 6.42 Å². The van der Waals surface area contributed by atoms with E-state index < -0.39 is 5.97 Å². The summed E-state index contributed by atoms with van der Waals surface area (Å²) in [6.45, 7) is 1.22. The van der Waals surface area contributed by atoms with Crippen molar-refractivity contribution in [3.05, 3.63) is 23.8 Å². The summed E-state index contributed by atoms with van der Waals surface area (Å²) in [6.07, 6.45) is 0.806. The molecule has 2 rings (SSSR count). The number of hydrogen-bond donors (Lipinski definition) is 2. The third-order valence-corrected chi connectivity index (χ3v) is 2.37. The quantitative estimate of drug-likeness (QED) is 0.751. The first-order valence-electron chi connectivity index (χ1n) is 5.03. The number of carboxylic acids is 1. The number of anilines is 1. The number of nitrogen functional groups attached to an aromatic ring is 1. The lowest BCUT2D eigenvalue weighted by Gasteiger charge is -2.12. The van der Waals surface area contributed by atoms with Gasteiger partial charge >= 0.3 is 5.97 Å². The van der Waals surface area contributed by atoms with Crippen LogP contribution in [-0.2, 0) is 4.74 Å². The minimum absolute atomic E-state index is 0.0107. The van der Waals surface area contributed by atoms with E-state index in [2.05, 4.69) is 0 Å². The van der Waals surface area contributed by atoms with Crippen molar-refractivity contribution in [3.63, 3.8) is 0 Å². The monoisotopic (exact) mass is 223 g/mol. The second-order valence-corrected chi connectivity index (χ2v) is 3.70. The highest BCUT2D eigenvalue weighted by molar-refractivity contribution is 5.89. The molecule has 0 spiro atoms. The Morgan fingerprint density at radius 3 is 2.94 bits per heavy atom. The van der Waals surface area contributed by atoms with E-state index in [4.69, 9.17) is 20.3 Å². The maximum atomic E-state index is 10.8. The fourth-order valence-corrected chi connectivity index (χ4v) is 1.61. The average molecular weight is 223 g/mol. The van der Waals surface area contributed by atoms with Crippen LogP contribution in [0.4, 0.5) is 5.69 Å². The Hall–Kier alpha value is -1.75. The van der Waals surface area contributed by atoms with Gasteiger partial charge in [0.1, 0.15) is 11.9 Å². The van der Waals surface area contributed by atoms with E-state index in [1.54, 1.807) is 6.07 Å². The van der Waals surface area contributed by atoms with Gasteiger partial charge in [-0.25, -0.2) is 4.79 Å². The molecule has 86 valence electrons. The van der Waals surface area contributed by atoms with Crippen molar-refractivity contribution < 1.29 is 19.4 Å². The number of carbonyl (C=O) groups is 1. The third kappa shape index (κ3) is 2.43. The zero-order chi connectivity index (χ0) is 11.5. The van der Waals surface area contributed by atoms with Crippen LogP contribution in [0.15, 0.2) is 18.2 Å². The smallest absolute Gasteiger partial charge is 0.335 e. The molecule has 5 heteroatoms. The molecule has 0 saturated carbocycles. The van der Waals surface area contributed by atoms with Crippen molar-refractivity contribution >= 4 is 11.7 Å². The Bertz CT molecular complexity index is 399. The van der Waals surface area contributed by atoms with Gasteiger partial charge < -0.3 is 20.3 Å². The number of benzene rings is 1. The zero-order valence-electron chi connectivity index (χ0n) is 8.68. The first-order chi connectivity index (χ1) is 7.65.